The molecule has 1 fully saturated rings. The zero-order valence-corrected chi connectivity index (χ0v) is 9.97. The first-order valence-electron chi connectivity index (χ1n) is 4.81. The quantitative estimate of drug-likeness (QED) is 0.797. The van der Waals surface area contributed by atoms with Crippen LogP contribution in [0.4, 0.5) is 5.69 Å². The maximum Gasteiger partial charge on any atom is 0.230 e. The molecule has 0 unspecified atom stereocenters. The molecule has 0 aliphatic carbocycles. The number of amides is 1. The number of hydrogen-bond acceptors (Lipinski definition) is 3. The third-order valence-electron chi connectivity index (χ3n) is 2.46. The zero-order chi connectivity index (χ0) is 10.8. The highest BCUT2D eigenvalue weighted by Crippen LogP contribution is 2.17. The van der Waals surface area contributed by atoms with Crippen LogP contribution in [0.3, 0.4) is 0 Å². The van der Waals surface area contributed by atoms with E-state index in [9.17, 15) is 4.79 Å². The van der Waals surface area contributed by atoms with Crippen molar-refractivity contribution in [2.45, 2.75) is 6.92 Å². The Morgan fingerprint density at radius 1 is 1.60 bits per heavy atom. The van der Waals surface area contributed by atoms with Crippen molar-refractivity contribution in [2.24, 2.45) is 5.92 Å². The maximum absolute atomic E-state index is 11.6. The first-order chi connectivity index (χ1) is 7.16. The molecule has 0 bridgehead atoms. The highest BCUT2D eigenvalue weighted by molar-refractivity contribution is 9.10. The van der Waals surface area contributed by atoms with Crippen LogP contribution in [0.2, 0.25) is 0 Å². The number of halogens is 1. The lowest BCUT2D eigenvalue weighted by Gasteiger charge is -2.25. The minimum atomic E-state index is 0.0703. The Morgan fingerprint density at radius 2 is 2.33 bits per heavy atom. The number of carbonyl (C=O) groups is 1. The number of rotatable bonds is 2. The van der Waals surface area contributed by atoms with E-state index in [1.54, 1.807) is 0 Å². The topological polar surface area (TPSA) is 54.0 Å². The second kappa shape index (κ2) is 4.28. The first kappa shape index (κ1) is 10.6. The zero-order valence-electron chi connectivity index (χ0n) is 8.38. The van der Waals surface area contributed by atoms with Gasteiger partial charge in [0.15, 0.2) is 0 Å². The summed E-state index contributed by atoms with van der Waals surface area (Å²) in [6.45, 7) is 3.42. The number of aromatic nitrogens is 1. The number of nitrogens with zero attached hydrogens (tertiary/aromatic N) is 1. The van der Waals surface area contributed by atoms with Crippen molar-refractivity contribution in [1.82, 2.24) is 10.3 Å². The van der Waals surface area contributed by atoms with Gasteiger partial charge in [-0.3, -0.25) is 4.79 Å². The lowest BCUT2D eigenvalue weighted by atomic mass is 10.0. The third-order valence-corrected chi connectivity index (χ3v) is 2.90. The Morgan fingerprint density at radius 3 is 2.87 bits per heavy atom. The summed E-state index contributed by atoms with van der Waals surface area (Å²) in [6.07, 6.45) is 0. The standard InChI is InChI=1S/C10H12BrN3O/c1-6-8(2-3-9(11)13-6)14-10(15)7-4-12-5-7/h2-3,7,12H,4-5H2,1H3,(H,14,15). The van der Waals surface area contributed by atoms with Gasteiger partial charge in [-0.25, -0.2) is 4.98 Å². The van der Waals surface area contributed by atoms with Crippen LogP contribution < -0.4 is 10.6 Å². The van der Waals surface area contributed by atoms with E-state index >= 15 is 0 Å². The average Bonchev–Trinajstić information content (AvgIpc) is 2.07. The van der Waals surface area contributed by atoms with Gasteiger partial charge in [-0.1, -0.05) is 0 Å². The average molecular weight is 270 g/mol. The van der Waals surface area contributed by atoms with Gasteiger partial charge in [0.25, 0.3) is 0 Å². The fourth-order valence-corrected chi connectivity index (χ4v) is 1.77. The van der Waals surface area contributed by atoms with Gasteiger partial charge < -0.3 is 10.6 Å². The largest absolute Gasteiger partial charge is 0.324 e. The molecule has 15 heavy (non-hydrogen) atoms. The monoisotopic (exact) mass is 269 g/mol. The van der Waals surface area contributed by atoms with E-state index < -0.39 is 0 Å². The molecule has 0 spiro atoms. The van der Waals surface area contributed by atoms with Crippen LogP contribution in [0.1, 0.15) is 5.69 Å². The Kier molecular flexibility index (Phi) is 3.02. The summed E-state index contributed by atoms with van der Waals surface area (Å²) in [5.74, 6) is 0.175. The van der Waals surface area contributed by atoms with E-state index in [4.69, 9.17) is 0 Å². The number of anilines is 1. The van der Waals surface area contributed by atoms with Crippen molar-refractivity contribution in [2.75, 3.05) is 18.4 Å². The summed E-state index contributed by atoms with van der Waals surface area (Å²) in [5.41, 5.74) is 1.61. The van der Waals surface area contributed by atoms with E-state index in [-0.39, 0.29) is 11.8 Å². The number of pyridine rings is 1. The second-order valence-electron chi connectivity index (χ2n) is 3.61. The molecule has 2 rings (SSSR count). The van der Waals surface area contributed by atoms with Crippen LogP contribution in [0.5, 0.6) is 0 Å². The Balaban J connectivity index is 2.06. The van der Waals surface area contributed by atoms with E-state index in [0.29, 0.717) is 0 Å². The minimum Gasteiger partial charge on any atom is -0.324 e. The van der Waals surface area contributed by atoms with Gasteiger partial charge in [0.2, 0.25) is 5.91 Å². The van der Waals surface area contributed by atoms with Crippen LogP contribution in [-0.2, 0) is 4.79 Å². The van der Waals surface area contributed by atoms with Gasteiger partial charge >= 0.3 is 0 Å². The van der Waals surface area contributed by atoms with E-state index in [1.165, 1.54) is 0 Å². The molecule has 4 nitrogen and oxygen atoms in total. The molecule has 1 aromatic heterocycles. The SMILES string of the molecule is Cc1nc(Br)ccc1NC(=O)C1CNC1. The lowest BCUT2D eigenvalue weighted by molar-refractivity contribution is -0.121. The predicted molar refractivity (Wildman–Crippen MR) is 61.7 cm³/mol. The van der Waals surface area contributed by atoms with Gasteiger partial charge in [0.1, 0.15) is 4.60 Å². The van der Waals surface area contributed by atoms with Crippen molar-refractivity contribution >= 4 is 27.5 Å². The molecule has 2 heterocycles. The second-order valence-corrected chi connectivity index (χ2v) is 4.42. The summed E-state index contributed by atoms with van der Waals surface area (Å²) in [6, 6.07) is 3.68. The molecule has 5 heteroatoms. The predicted octanol–water partition coefficient (Wildman–Crippen LogP) is 1.31. The van der Waals surface area contributed by atoms with Crippen molar-refractivity contribution in [3.05, 3.63) is 22.4 Å². The molecule has 80 valence electrons. The van der Waals surface area contributed by atoms with E-state index in [0.717, 1.165) is 29.1 Å². The minimum absolute atomic E-state index is 0.0703. The maximum atomic E-state index is 11.6. The first-order valence-corrected chi connectivity index (χ1v) is 5.61. The normalized spacial score (nSPS) is 15.9. The molecule has 0 saturated carbocycles. The fourth-order valence-electron chi connectivity index (χ4n) is 1.37. The van der Waals surface area contributed by atoms with Crippen LogP contribution in [-0.4, -0.2) is 24.0 Å². The number of hydrogen-bond donors (Lipinski definition) is 2. The van der Waals surface area contributed by atoms with E-state index in [1.807, 2.05) is 19.1 Å². The molecule has 1 amide bonds. The van der Waals surface area contributed by atoms with E-state index in [2.05, 4.69) is 31.5 Å². The van der Waals surface area contributed by atoms with Crippen molar-refractivity contribution < 1.29 is 4.79 Å². The number of carbonyl (C=O) groups excluding carboxylic acids is 1. The smallest absolute Gasteiger partial charge is 0.230 e. The Labute approximate surface area is 96.6 Å². The van der Waals surface area contributed by atoms with Crippen molar-refractivity contribution in [3.8, 4) is 0 Å². The summed E-state index contributed by atoms with van der Waals surface area (Å²) < 4.78 is 0.781. The van der Waals surface area contributed by atoms with Gasteiger partial charge in [0.05, 0.1) is 17.3 Å². The lowest BCUT2D eigenvalue weighted by Crippen LogP contribution is -2.48. The molecule has 0 atom stereocenters. The molecular weight excluding hydrogens is 258 g/mol. The van der Waals surface area contributed by atoms with Gasteiger partial charge in [-0.2, -0.15) is 0 Å². The van der Waals surface area contributed by atoms with Gasteiger partial charge in [-0.15, -0.1) is 0 Å². The molecule has 1 saturated heterocycles. The molecule has 2 N–H and O–H groups in total. The molecule has 0 aromatic carbocycles. The fraction of sp³-hybridized carbons (Fsp3) is 0.400. The summed E-state index contributed by atoms with van der Waals surface area (Å²) in [4.78, 5) is 15.9. The van der Waals surface area contributed by atoms with Gasteiger partial charge in [0, 0.05) is 13.1 Å². The molecule has 1 aromatic rings. The highest BCUT2D eigenvalue weighted by Gasteiger charge is 2.25. The summed E-state index contributed by atoms with van der Waals surface area (Å²) in [5, 5.41) is 5.94. The van der Waals surface area contributed by atoms with Crippen molar-refractivity contribution in [1.29, 1.82) is 0 Å². The third kappa shape index (κ3) is 2.35. The summed E-state index contributed by atoms with van der Waals surface area (Å²) in [7, 11) is 0. The van der Waals surface area contributed by atoms with Crippen LogP contribution in [0.15, 0.2) is 16.7 Å². The van der Waals surface area contributed by atoms with Crippen LogP contribution in [0.25, 0.3) is 0 Å². The van der Waals surface area contributed by atoms with Gasteiger partial charge in [-0.05, 0) is 35.0 Å². The van der Waals surface area contributed by atoms with Crippen LogP contribution >= 0.6 is 15.9 Å². The Bertz CT molecular complexity index is 390. The number of aryl methyl sites for hydroxylation is 1. The highest BCUT2D eigenvalue weighted by atomic mass is 79.9. The summed E-state index contributed by atoms with van der Waals surface area (Å²) >= 11 is 3.28. The van der Waals surface area contributed by atoms with Crippen LogP contribution in [0, 0.1) is 12.8 Å². The molecule has 1 aliphatic rings. The number of nitrogens with one attached hydrogen (secondary N) is 2. The Hall–Kier alpha value is -0.940. The van der Waals surface area contributed by atoms with Crippen molar-refractivity contribution in [3.63, 3.8) is 0 Å². The molecule has 0 radical (unpaired) electrons. The molecular formula is C10H12BrN3O. The molecule has 1 aliphatic heterocycles.